The SMILES string of the molecule is CC[C@@H]1OC(C)(C)O[C@H](c2ccccc2)[C@H]1CO. The quantitative estimate of drug-likeness (QED) is 0.896. The van der Waals surface area contributed by atoms with Gasteiger partial charge in [-0.3, -0.25) is 0 Å². The van der Waals surface area contributed by atoms with Gasteiger partial charge in [-0.15, -0.1) is 0 Å². The predicted octanol–water partition coefficient (Wildman–Crippen LogP) is 2.90. The third kappa shape index (κ3) is 2.74. The van der Waals surface area contributed by atoms with Crippen LogP contribution in [-0.4, -0.2) is 23.6 Å². The summed E-state index contributed by atoms with van der Waals surface area (Å²) in [6.07, 6.45) is 0.801. The molecule has 0 amide bonds. The Balaban J connectivity index is 2.30. The third-order valence-electron chi connectivity index (χ3n) is 3.45. The van der Waals surface area contributed by atoms with E-state index in [9.17, 15) is 5.11 Å². The van der Waals surface area contributed by atoms with Gasteiger partial charge in [0, 0.05) is 5.92 Å². The van der Waals surface area contributed by atoms with E-state index in [1.54, 1.807) is 0 Å². The standard InChI is InChI=1S/C15H22O3/c1-4-13-12(10-16)14(18-15(2,3)17-13)11-8-6-5-7-9-11/h5-9,12-14,16H,4,10H2,1-3H3/t12-,13-,14+/m0/s1. The van der Waals surface area contributed by atoms with Crippen LogP contribution in [0.15, 0.2) is 30.3 Å². The summed E-state index contributed by atoms with van der Waals surface area (Å²) in [5.41, 5.74) is 1.10. The fraction of sp³-hybridized carbons (Fsp3) is 0.600. The van der Waals surface area contributed by atoms with Gasteiger partial charge in [0.1, 0.15) is 0 Å². The van der Waals surface area contributed by atoms with Crippen LogP contribution in [0.5, 0.6) is 0 Å². The highest BCUT2D eigenvalue weighted by atomic mass is 16.7. The second-order valence-corrected chi connectivity index (χ2v) is 5.26. The summed E-state index contributed by atoms with van der Waals surface area (Å²) in [7, 11) is 0. The lowest BCUT2D eigenvalue weighted by molar-refractivity contribution is -0.327. The van der Waals surface area contributed by atoms with Crippen LogP contribution >= 0.6 is 0 Å². The van der Waals surface area contributed by atoms with Crippen LogP contribution in [0.2, 0.25) is 0 Å². The lowest BCUT2D eigenvalue weighted by Gasteiger charge is -2.45. The molecular formula is C15H22O3. The molecular weight excluding hydrogens is 228 g/mol. The van der Waals surface area contributed by atoms with E-state index in [0.717, 1.165) is 12.0 Å². The first-order valence-corrected chi connectivity index (χ1v) is 6.59. The van der Waals surface area contributed by atoms with E-state index in [0.29, 0.717) is 0 Å². The summed E-state index contributed by atoms with van der Waals surface area (Å²) in [6, 6.07) is 10.1. The van der Waals surface area contributed by atoms with E-state index in [1.165, 1.54) is 0 Å². The molecule has 2 rings (SSSR count). The minimum Gasteiger partial charge on any atom is -0.396 e. The molecule has 3 heteroatoms. The molecule has 0 unspecified atom stereocenters. The van der Waals surface area contributed by atoms with Gasteiger partial charge in [-0.05, 0) is 25.8 Å². The fourth-order valence-corrected chi connectivity index (χ4v) is 2.63. The molecule has 0 spiro atoms. The van der Waals surface area contributed by atoms with Crippen molar-refractivity contribution >= 4 is 0 Å². The molecule has 3 nitrogen and oxygen atoms in total. The first-order valence-electron chi connectivity index (χ1n) is 6.59. The summed E-state index contributed by atoms with van der Waals surface area (Å²) < 4.78 is 11.9. The number of aliphatic hydroxyl groups excluding tert-OH is 1. The van der Waals surface area contributed by atoms with Crippen LogP contribution < -0.4 is 0 Å². The second kappa shape index (κ2) is 5.39. The predicted molar refractivity (Wildman–Crippen MR) is 70.1 cm³/mol. The highest BCUT2D eigenvalue weighted by molar-refractivity contribution is 5.19. The van der Waals surface area contributed by atoms with Crippen molar-refractivity contribution in [2.75, 3.05) is 6.61 Å². The number of rotatable bonds is 3. The molecule has 1 saturated heterocycles. The number of hydrogen-bond acceptors (Lipinski definition) is 3. The monoisotopic (exact) mass is 250 g/mol. The first kappa shape index (κ1) is 13.5. The van der Waals surface area contributed by atoms with Gasteiger partial charge >= 0.3 is 0 Å². The highest BCUT2D eigenvalue weighted by Gasteiger charge is 2.42. The summed E-state index contributed by atoms with van der Waals surface area (Å²) in [4.78, 5) is 0. The minimum absolute atomic E-state index is 0.00887. The van der Waals surface area contributed by atoms with Gasteiger partial charge in [0.2, 0.25) is 0 Å². The lowest BCUT2D eigenvalue weighted by atomic mass is 9.88. The first-order chi connectivity index (χ1) is 8.57. The van der Waals surface area contributed by atoms with E-state index in [2.05, 4.69) is 6.92 Å². The molecule has 1 aromatic rings. The fourth-order valence-electron chi connectivity index (χ4n) is 2.63. The third-order valence-corrected chi connectivity index (χ3v) is 3.45. The van der Waals surface area contributed by atoms with E-state index >= 15 is 0 Å². The smallest absolute Gasteiger partial charge is 0.163 e. The van der Waals surface area contributed by atoms with Crippen molar-refractivity contribution in [1.82, 2.24) is 0 Å². The summed E-state index contributed by atoms with van der Waals surface area (Å²) in [5.74, 6) is -0.613. The normalized spacial score (nSPS) is 31.2. The topological polar surface area (TPSA) is 38.7 Å². The number of aliphatic hydroxyl groups is 1. The largest absolute Gasteiger partial charge is 0.396 e. The Morgan fingerprint density at radius 1 is 1.17 bits per heavy atom. The molecule has 100 valence electrons. The van der Waals surface area contributed by atoms with Crippen LogP contribution in [0.1, 0.15) is 38.9 Å². The lowest BCUT2D eigenvalue weighted by Crippen LogP contribution is -2.48. The highest BCUT2D eigenvalue weighted by Crippen LogP contribution is 2.40. The molecule has 1 N–H and O–H groups in total. The van der Waals surface area contributed by atoms with Crippen LogP contribution in [0.4, 0.5) is 0 Å². The second-order valence-electron chi connectivity index (χ2n) is 5.26. The molecule has 1 aliphatic rings. The van der Waals surface area contributed by atoms with Gasteiger partial charge in [0.15, 0.2) is 5.79 Å². The minimum atomic E-state index is -0.604. The van der Waals surface area contributed by atoms with Crippen molar-refractivity contribution in [1.29, 1.82) is 0 Å². The molecule has 3 atom stereocenters. The molecule has 1 aromatic carbocycles. The van der Waals surface area contributed by atoms with Crippen molar-refractivity contribution < 1.29 is 14.6 Å². The Bertz CT molecular complexity index is 375. The van der Waals surface area contributed by atoms with Crippen molar-refractivity contribution in [2.24, 2.45) is 5.92 Å². The maximum Gasteiger partial charge on any atom is 0.163 e. The Labute approximate surface area is 109 Å². The molecule has 18 heavy (non-hydrogen) atoms. The average Bonchev–Trinajstić information content (AvgIpc) is 2.38. The Morgan fingerprint density at radius 2 is 1.83 bits per heavy atom. The Hall–Kier alpha value is -0.900. The zero-order valence-corrected chi connectivity index (χ0v) is 11.3. The Morgan fingerprint density at radius 3 is 2.39 bits per heavy atom. The average molecular weight is 250 g/mol. The number of benzene rings is 1. The van der Waals surface area contributed by atoms with Gasteiger partial charge in [-0.2, -0.15) is 0 Å². The number of hydrogen-bond donors (Lipinski definition) is 1. The van der Waals surface area contributed by atoms with Gasteiger partial charge < -0.3 is 14.6 Å². The summed E-state index contributed by atoms with van der Waals surface area (Å²) >= 11 is 0. The van der Waals surface area contributed by atoms with Crippen molar-refractivity contribution in [3.63, 3.8) is 0 Å². The summed E-state index contributed by atoms with van der Waals surface area (Å²) in [6.45, 7) is 6.02. The molecule has 0 aromatic heterocycles. The van der Waals surface area contributed by atoms with Crippen LogP contribution in [0.25, 0.3) is 0 Å². The number of ether oxygens (including phenoxy) is 2. The molecule has 0 aliphatic carbocycles. The van der Waals surface area contributed by atoms with Gasteiger partial charge in [-0.1, -0.05) is 37.3 Å². The van der Waals surface area contributed by atoms with Crippen LogP contribution in [0.3, 0.4) is 0 Å². The molecule has 0 bridgehead atoms. The molecule has 0 saturated carbocycles. The zero-order valence-electron chi connectivity index (χ0n) is 11.3. The Kier molecular flexibility index (Phi) is 4.05. The van der Waals surface area contributed by atoms with Gasteiger partial charge in [0.25, 0.3) is 0 Å². The summed E-state index contributed by atoms with van der Waals surface area (Å²) in [5, 5.41) is 9.63. The zero-order chi connectivity index (χ0) is 13.2. The van der Waals surface area contributed by atoms with Crippen molar-refractivity contribution in [3.8, 4) is 0 Å². The molecule has 0 radical (unpaired) electrons. The van der Waals surface area contributed by atoms with Crippen LogP contribution in [-0.2, 0) is 9.47 Å². The maximum absolute atomic E-state index is 9.63. The van der Waals surface area contributed by atoms with E-state index in [4.69, 9.17) is 9.47 Å². The van der Waals surface area contributed by atoms with E-state index in [1.807, 2.05) is 44.2 Å². The molecule has 1 heterocycles. The maximum atomic E-state index is 9.63. The van der Waals surface area contributed by atoms with E-state index < -0.39 is 5.79 Å². The van der Waals surface area contributed by atoms with Crippen LogP contribution in [0, 0.1) is 5.92 Å². The van der Waals surface area contributed by atoms with Gasteiger partial charge in [-0.25, -0.2) is 0 Å². The molecule has 1 aliphatic heterocycles. The van der Waals surface area contributed by atoms with E-state index in [-0.39, 0.29) is 24.7 Å². The van der Waals surface area contributed by atoms with Gasteiger partial charge in [0.05, 0.1) is 18.8 Å². The molecule has 1 fully saturated rings. The van der Waals surface area contributed by atoms with Crippen molar-refractivity contribution in [2.45, 2.75) is 45.2 Å². The van der Waals surface area contributed by atoms with Crippen molar-refractivity contribution in [3.05, 3.63) is 35.9 Å².